The Balaban J connectivity index is 3.65. The van der Waals surface area contributed by atoms with Crippen LogP contribution >= 0.6 is 0 Å². The number of carboxylic acid groups (broad SMARTS) is 1. The van der Waals surface area contributed by atoms with Crippen LogP contribution in [-0.4, -0.2) is 23.1 Å². The van der Waals surface area contributed by atoms with E-state index in [0.29, 0.717) is 6.42 Å². The van der Waals surface area contributed by atoms with Crippen molar-refractivity contribution in [2.75, 3.05) is 0 Å². The Morgan fingerprint density at radius 1 is 0.468 bits per heavy atom. The Hall–Kier alpha value is -1.32. The predicted molar refractivity (Wildman–Crippen MR) is 204 cm³/mol. The van der Waals surface area contributed by atoms with E-state index in [2.05, 4.69) is 26.0 Å². The summed E-state index contributed by atoms with van der Waals surface area (Å²) in [4.78, 5) is 23.2. The molecule has 0 spiro atoms. The van der Waals surface area contributed by atoms with Gasteiger partial charge in [-0.05, 0) is 44.6 Å². The molecule has 47 heavy (non-hydrogen) atoms. The van der Waals surface area contributed by atoms with Crippen molar-refractivity contribution in [2.24, 2.45) is 0 Å². The molecule has 0 saturated carbocycles. The van der Waals surface area contributed by atoms with Crippen LogP contribution in [0.5, 0.6) is 0 Å². The molecule has 0 aromatic carbocycles. The van der Waals surface area contributed by atoms with E-state index in [-0.39, 0.29) is 18.5 Å². The molecule has 4 nitrogen and oxygen atoms in total. The molecule has 278 valence electrons. The van der Waals surface area contributed by atoms with Gasteiger partial charge in [-0.1, -0.05) is 200 Å². The van der Waals surface area contributed by atoms with Gasteiger partial charge in [-0.3, -0.25) is 9.59 Å². The molecule has 0 rings (SSSR count). The van der Waals surface area contributed by atoms with Gasteiger partial charge in [-0.2, -0.15) is 0 Å². The lowest BCUT2D eigenvalue weighted by atomic mass is 10.0. The summed E-state index contributed by atoms with van der Waals surface area (Å²) in [5.41, 5.74) is 0. The number of hydrogen-bond donors (Lipinski definition) is 1. The van der Waals surface area contributed by atoms with Crippen LogP contribution in [0.1, 0.15) is 245 Å². The van der Waals surface area contributed by atoms with Gasteiger partial charge in [0.25, 0.3) is 0 Å². The minimum atomic E-state index is -0.719. The number of allylic oxidation sites excluding steroid dienone is 1. The molecule has 0 saturated heterocycles. The van der Waals surface area contributed by atoms with E-state index >= 15 is 0 Å². The minimum absolute atomic E-state index is 0.0599. The molecule has 0 heterocycles. The van der Waals surface area contributed by atoms with Crippen LogP contribution in [0.3, 0.4) is 0 Å². The molecule has 0 aliphatic heterocycles. The SMILES string of the molecule is CCCCCC/C=C\C(CCCCCCC(=O)O)OC(=O)CCCCCCCCCCCCCCCCCCCCCCCCCC. The molecular weight excluding hydrogens is 580 g/mol. The first-order valence-corrected chi connectivity index (χ1v) is 21.2. The zero-order valence-electron chi connectivity index (χ0n) is 31.9. The lowest BCUT2D eigenvalue weighted by Crippen LogP contribution is -2.16. The highest BCUT2D eigenvalue weighted by Gasteiger charge is 2.11. The normalized spacial score (nSPS) is 12.2. The molecule has 1 atom stereocenters. The molecular formula is C43H82O4. The van der Waals surface area contributed by atoms with Crippen molar-refractivity contribution in [3.63, 3.8) is 0 Å². The van der Waals surface area contributed by atoms with Crippen LogP contribution in [0.25, 0.3) is 0 Å². The average molecular weight is 663 g/mol. The average Bonchev–Trinajstić information content (AvgIpc) is 3.06. The van der Waals surface area contributed by atoms with E-state index in [1.165, 1.54) is 167 Å². The molecule has 0 aromatic heterocycles. The van der Waals surface area contributed by atoms with Gasteiger partial charge in [0.1, 0.15) is 6.10 Å². The van der Waals surface area contributed by atoms with Gasteiger partial charge in [0.15, 0.2) is 0 Å². The summed E-state index contributed by atoms with van der Waals surface area (Å²) in [5.74, 6) is -0.779. The third-order valence-electron chi connectivity index (χ3n) is 9.72. The first-order valence-electron chi connectivity index (χ1n) is 21.2. The molecule has 0 aliphatic carbocycles. The third kappa shape index (κ3) is 39.0. The van der Waals surface area contributed by atoms with Crippen LogP contribution in [0.4, 0.5) is 0 Å². The van der Waals surface area contributed by atoms with Crippen LogP contribution in [0, 0.1) is 0 Å². The van der Waals surface area contributed by atoms with Crippen molar-refractivity contribution in [3.8, 4) is 0 Å². The Labute approximate surface area is 294 Å². The minimum Gasteiger partial charge on any atom is -0.481 e. The van der Waals surface area contributed by atoms with Crippen LogP contribution < -0.4 is 0 Å². The number of rotatable bonds is 39. The Bertz CT molecular complexity index is 673. The molecule has 4 heteroatoms. The lowest BCUT2D eigenvalue weighted by Gasteiger charge is -2.15. The van der Waals surface area contributed by atoms with E-state index in [1.807, 2.05) is 0 Å². The van der Waals surface area contributed by atoms with Crippen molar-refractivity contribution >= 4 is 11.9 Å². The Morgan fingerprint density at radius 3 is 1.21 bits per heavy atom. The predicted octanol–water partition coefficient (Wildman–Crippen LogP) is 14.6. The van der Waals surface area contributed by atoms with E-state index in [4.69, 9.17) is 9.84 Å². The number of carboxylic acids is 1. The fraction of sp³-hybridized carbons (Fsp3) is 0.907. The number of carbonyl (C=O) groups is 2. The van der Waals surface area contributed by atoms with E-state index < -0.39 is 5.97 Å². The molecule has 0 radical (unpaired) electrons. The fourth-order valence-corrected chi connectivity index (χ4v) is 6.57. The zero-order valence-corrected chi connectivity index (χ0v) is 31.9. The first-order chi connectivity index (χ1) is 23.1. The summed E-state index contributed by atoms with van der Waals surface area (Å²) in [6, 6.07) is 0. The molecule has 1 N–H and O–H groups in total. The highest BCUT2D eigenvalue weighted by molar-refractivity contribution is 5.69. The highest BCUT2D eigenvalue weighted by atomic mass is 16.5. The lowest BCUT2D eigenvalue weighted by molar-refractivity contribution is -0.147. The van der Waals surface area contributed by atoms with Crippen molar-refractivity contribution < 1.29 is 19.4 Å². The largest absolute Gasteiger partial charge is 0.481 e. The van der Waals surface area contributed by atoms with Crippen molar-refractivity contribution in [1.29, 1.82) is 0 Å². The first kappa shape index (κ1) is 45.7. The summed E-state index contributed by atoms with van der Waals surface area (Å²) < 4.78 is 5.86. The summed E-state index contributed by atoms with van der Waals surface area (Å²) in [5, 5.41) is 8.81. The fourth-order valence-electron chi connectivity index (χ4n) is 6.57. The number of esters is 1. The van der Waals surface area contributed by atoms with Crippen LogP contribution in [0.15, 0.2) is 12.2 Å². The van der Waals surface area contributed by atoms with Crippen LogP contribution in [0.2, 0.25) is 0 Å². The zero-order chi connectivity index (χ0) is 34.3. The van der Waals surface area contributed by atoms with Gasteiger partial charge >= 0.3 is 11.9 Å². The summed E-state index contributed by atoms with van der Waals surface area (Å²) in [6.07, 6.45) is 48.5. The monoisotopic (exact) mass is 663 g/mol. The van der Waals surface area contributed by atoms with Gasteiger partial charge in [0.2, 0.25) is 0 Å². The molecule has 0 aliphatic rings. The topological polar surface area (TPSA) is 63.6 Å². The van der Waals surface area contributed by atoms with Crippen LogP contribution in [-0.2, 0) is 14.3 Å². The second kappa shape index (κ2) is 39.1. The molecule has 0 aromatic rings. The van der Waals surface area contributed by atoms with Gasteiger partial charge in [0.05, 0.1) is 0 Å². The standard InChI is InChI=1S/C43H82O4/c1-3-5-7-9-11-12-13-14-15-16-17-18-19-20-21-22-23-24-25-26-27-28-30-36-40-43(46)47-41(37-33-29-10-8-6-4-2)38-34-31-32-35-39-42(44)45/h33,37,41H,3-32,34-36,38-40H2,1-2H3,(H,44,45)/b37-33-. The number of carbonyl (C=O) groups excluding carboxylic acids is 1. The quantitative estimate of drug-likeness (QED) is 0.0404. The highest BCUT2D eigenvalue weighted by Crippen LogP contribution is 2.17. The van der Waals surface area contributed by atoms with E-state index in [1.54, 1.807) is 0 Å². The van der Waals surface area contributed by atoms with Gasteiger partial charge in [-0.15, -0.1) is 0 Å². The van der Waals surface area contributed by atoms with Gasteiger partial charge in [-0.25, -0.2) is 0 Å². The van der Waals surface area contributed by atoms with E-state index in [9.17, 15) is 9.59 Å². The summed E-state index contributed by atoms with van der Waals surface area (Å²) in [7, 11) is 0. The smallest absolute Gasteiger partial charge is 0.306 e. The number of ether oxygens (including phenoxy) is 1. The Kier molecular flexibility index (Phi) is 38.0. The maximum atomic E-state index is 12.5. The number of unbranched alkanes of at least 4 members (excludes halogenated alkanes) is 30. The van der Waals surface area contributed by atoms with Crippen molar-refractivity contribution in [3.05, 3.63) is 12.2 Å². The summed E-state index contributed by atoms with van der Waals surface area (Å²) in [6.45, 7) is 4.52. The van der Waals surface area contributed by atoms with E-state index in [0.717, 1.165) is 51.4 Å². The maximum absolute atomic E-state index is 12.5. The molecule has 1 unspecified atom stereocenters. The summed E-state index contributed by atoms with van der Waals surface area (Å²) >= 11 is 0. The molecule has 0 amide bonds. The van der Waals surface area contributed by atoms with Gasteiger partial charge in [0, 0.05) is 12.8 Å². The number of aliphatic carboxylic acids is 1. The molecule has 0 fully saturated rings. The molecule has 0 bridgehead atoms. The number of hydrogen-bond acceptors (Lipinski definition) is 3. The second-order valence-corrected chi connectivity index (χ2v) is 14.5. The third-order valence-corrected chi connectivity index (χ3v) is 9.72. The maximum Gasteiger partial charge on any atom is 0.306 e. The van der Waals surface area contributed by atoms with Crippen molar-refractivity contribution in [2.45, 2.75) is 251 Å². The Morgan fingerprint density at radius 2 is 0.809 bits per heavy atom. The second-order valence-electron chi connectivity index (χ2n) is 14.5. The van der Waals surface area contributed by atoms with Gasteiger partial charge < -0.3 is 9.84 Å². The van der Waals surface area contributed by atoms with Crippen molar-refractivity contribution in [1.82, 2.24) is 0 Å².